The molecule has 4 nitrogen and oxygen atoms in total. The van der Waals surface area contributed by atoms with E-state index in [0.717, 1.165) is 19.3 Å². The van der Waals surface area contributed by atoms with E-state index < -0.39 is 0 Å². The first-order valence-corrected chi connectivity index (χ1v) is 9.77. The normalized spacial score (nSPS) is 24.8. The number of halogens is 1. The van der Waals surface area contributed by atoms with Gasteiger partial charge in [-0.05, 0) is 55.9 Å². The molecule has 0 unspecified atom stereocenters. The first-order chi connectivity index (χ1) is 12.0. The summed E-state index contributed by atoms with van der Waals surface area (Å²) >= 11 is 5.88. The van der Waals surface area contributed by atoms with Gasteiger partial charge in [0.15, 0.2) is 0 Å². The van der Waals surface area contributed by atoms with Crippen LogP contribution < -0.4 is 5.32 Å². The van der Waals surface area contributed by atoms with Gasteiger partial charge in [-0.25, -0.2) is 0 Å². The summed E-state index contributed by atoms with van der Waals surface area (Å²) in [6.07, 6.45) is 6.28. The van der Waals surface area contributed by atoms with Crippen LogP contribution in [-0.2, 0) is 4.79 Å². The number of hydrogen-bond donors (Lipinski definition) is 1. The smallest absolute Gasteiger partial charge is 0.253 e. The van der Waals surface area contributed by atoms with Crippen molar-refractivity contribution in [3.05, 3.63) is 34.9 Å². The lowest BCUT2D eigenvalue weighted by Crippen LogP contribution is -2.47. The van der Waals surface area contributed by atoms with Crippen molar-refractivity contribution in [2.75, 3.05) is 13.1 Å². The Morgan fingerprint density at radius 3 is 2.32 bits per heavy atom. The van der Waals surface area contributed by atoms with Crippen LogP contribution in [0.3, 0.4) is 0 Å². The van der Waals surface area contributed by atoms with E-state index in [1.807, 2.05) is 4.90 Å². The third-order valence-electron chi connectivity index (χ3n) is 5.68. The number of nitrogens with zero attached hydrogens (tertiary/aromatic N) is 1. The fraction of sp³-hybridized carbons (Fsp3) is 0.600. The van der Waals surface area contributed by atoms with Gasteiger partial charge in [0, 0.05) is 35.6 Å². The maximum Gasteiger partial charge on any atom is 0.253 e. The fourth-order valence-corrected chi connectivity index (χ4v) is 4.08. The Hall–Kier alpha value is -1.55. The molecule has 0 bridgehead atoms. The van der Waals surface area contributed by atoms with Gasteiger partial charge in [0.05, 0.1) is 0 Å². The summed E-state index contributed by atoms with van der Waals surface area (Å²) in [4.78, 5) is 26.9. The number of carbonyl (C=O) groups excluding carboxylic acids is 2. The zero-order valence-electron chi connectivity index (χ0n) is 14.8. The second kappa shape index (κ2) is 8.22. The van der Waals surface area contributed by atoms with Gasteiger partial charge in [-0.2, -0.15) is 0 Å². The molecule has 5 heteroatoms. The molecule has 1 aromatic carbocycles. The predicted molar refractivity (Wildman–Crippen MR) is 99.6 cm³/mol. The molecular weight excluding hydrogens is 336 g/mol. The molecular formula is C20H27ClN2O2. The number of nitrogens with one attached hydrogen (secondary N) is 1. The van der Waals surface area contributed by atoms with Crippen LogP contribution in [0.5, 0.6) is 0 Å². The fourth-order valence-electron chi connectivity index (χ4n) is 3.95. The molecule has 1 aliphatic carbocycles. The van der Waals surface area contributed by atoms with E-state index in [0.29, 0.717) is 35.6 Å². The molecule has 3 rings (SSSR count). The van der Waals surface area contributed by atoms with Gasteiger partial charge in [0.1, 0.15) is 0 Å². The van der Waals surface area contributed by atoms with Crippen molar-refractivity contribution in [2.24, 2.45) is 11.8 Å². The summed E-state index contributed by atoms with van der Waals surface area (Å²) in [5.74, 6) is 0.807. The van der Waals surface area contributed by atoms with E-state index in [4.69, 9.17) is 11.6 Å². The SMILES string of the molecule is C[C@@H]1CCCC[C@H]1NC(=O)C1CCN(C(=O)c2ccc(Cl)cc2)CC1. The molecule has 0 spiro atoms. The number of rotatable bonds is 3. The monoisotopic (exact) mass is 362 g/mol. The lowest BCUT2D eigenvalue weighted by atomic mass is 9.85. The van der Waals surface area contributed by atoms with E-state index in [1.54, 1.807) is 24.3 Å². The Labute approximate surface area is 154 Å². The molecule has 136 valence electrons. The summed E-state index contributed by atoms with van der Waals surface area (Å²) in [6, 6.07) is 7.32. The highest BCUT2D eigenvalue weighted by Gasteiger charge is 2.30. The number of benzene rings is 1. The second-order valence-electron chi connectivity index (χ2n) is 7.45. The molecule has 2 atom stereocenters. The van der Waals surface area contributed by atoms with E-state index in [2.05, 4.69) is 12.2 Å². The van der Waals surface area contributed by atoms with Crippen molar-refractivity contribution in [1.82, 2.24) is 10.2 Å². The predicted octanol–water partition coefficient (Wildman–Crippen LogP) is 3.89. The Morgan fingerprint density at radius 1 is 1.04 bits per heavy atom. The van der Waals surface area contributed by atoms with Crippen molar-refractivity contribution in [1.29, 1.82) is 0 Å². The quantitative estimate of drug-likeness (QED) is 0.886. The van der Waals surface area contributed by atoms with E-state index in [-0.39, 0.29) is 17.7 Å². The lowest BCUT2D eigenvalue weighted by molar-refractivity contribution is -0.127. The molecule has 1 saturated heterocycles. The number of likely N-dealkylation sites (tertiary alicyclic amines) is 1. The highest BCUT2D eigenvalue weighted by molar-refractivity contribution is 6.30. The zero-order chi connectivity index (χ0) is 17.8. The van der Waals surface area contributed by atoms with Crippen LogP contribution in [0.1, 0.15) is 55.8 Å². The second-order valence-corrected chi connectivity index (χ2v) is 7.89. The molecule has 0 aromatic heterocycles. The van der Waals surface area contributed by atoms with E-state index >= 15 is 0 Å². The van der Waals surface area contributed by atoms with Gasteiger partial charge in [-0.3, -0.25) is 9.59 Å². The molecule has 0 radical (unpaired) electrons. The Kier molecular flexibility index (Phi) is 6.00. The third-order valence-corrected chi connectivity index (χ3v) is 5.94. The topological polar surface area (TPSA) is 49.4 Å². The van der Waals surface area contributed by atoms with Gasteiger partial charge < -0.3 is 10.2 Å². The molecule has 1 N–H and O–H groups in total. The maximum atomic E-state index is 12.6. The summed E-state index contributed by atoms with van der Waals surface area (Å²) in [5, 5.41) is 3.89. The van der Waals surface area contributed by atoms with Crippen LogP contribution >= 0.6 is 11.6 Å². The zero-order valence-corrected chi connectivity index (χ0v) is 15.6. The van der Waals surface area contributed by atoms with Gasteiger partial charge >= 0.3 is 0 Å². The van der Waals surface area contributed by atoms with Crippen molar-refractivity contribution in [3.63, 3.8) is 0 Å². The van der Waals surface area contributed by atoms with Gasteiger partial charge in [-0.1, -0.05) is 31.4 Å². The van der Waals surface area contributed by atoms with E-state index in [1.165, 1.54) is 19.3 Å². The van der Waals surface area contributed by atoms with Gasteiger partial charge in [0.2, 0.25) is 5.91 Å². The van der Waals surface area contributed by atoms with Crippen LogP contribution in [0.2, 0.25) is 5.02 Å². The minimum absolute atomic E-state index is 0.0245. The van der Waals surface area contributed by atoms with Gasteiger partial charge in [-0.15, -0.1) is 0 Å². The molecule has 2 aliphatic rings. The lowest BCUT2D eigenvalue weighted by Gasteiger charge is -2.34. The minimum Gasteiger partial charge on any atom is -0.353 e. The van der Waals surface area contributed by atoms with Crippen LogP contribution in [0.4, 0.5) is 0 Å². The third kappa shape index (κ3) is 4.55. The van der Waals surface area contributed by atoms with Crippen molar-refractivity contribution >= 4 is 23.4 Å². The maximum absolute atomic E-state index is 12.6. The Morgan fingerprint density at radius 2 is 1.68 bits per heavy atom. The average molecular weight is 363 g/mol. The Balaban J connectivity index is 1.50. The number of carbonyl (C=O) groups is 2. The van der Waals surface area contributed by atoms with Crippen molar-refractivity contribution in [2.45, 2.75) is 51.5 Å². The Bertz CT molecular complexity index is 609. The standard InChI is InChI=1S/C20H27ClN2O2/c1-14-4-2-3-5-18(14)22-19(24)15-10-12-23(13-11-15)20(25)16-6-8-17(21)9-7-16/h6-9,14-15,18H,2-5,10-13H2,1H3,(H,22,24)/t14-,18-/m1/s1. The molecule has 2 amide bonds. The largest absolute Gasteiger partial charge is 0.353 e. The molecule has 1 heterocycles. The highest BCUT2D eigenvalue weighted by atomic mass is 35.5. The van der Waals surface area contributed by atoms with Crippen molar-refractivity contribution < 1.29 is 9.59 Å². The van der Waals surface area contributed by atoms with Crippen LogP contribution in [0.15, 0.2) is 24.3 Å². The number of hydrogen-bond acceptors (Lipinski definition) is 2. The number of amides is 2. The van der Waals surface area contributed by atoms with Gasteiger partial charge in [0.25, 0.3) is 5.91 Å². The summed E-state index contributed by atoms with van der Waals surface area (Å²) in [6.45, 7) is 3.51. The molecule has 1 aromatic rings. The first-order valence-electron chi connectivity index (χ1n) is 9.40. The summed E-state index contributed by atoms with van der Waals surface area (Å²) in [5.41, 5.74) is 0.656. The molecule has 2 fully saturated rings. The first kappa shape index (κ1) is 18.2. The molecule has 1 aliphatic heterocycles. The summed E-state index contributed by atoms with van der Waals surface area (Å²) in [7, 11) is 0. The van der Waals surface area contributed by atoms with Crippen LogP contribution in [0.25, 0.3) is 0 Å². The number of piperidine rings is 1. The van der Waals surface area contributed by atoms with Crippen LogP contribution in [-0.4, -0.2) is 35.8 Å². The average Bonchev–Trinajstić information content (AvgIpc) is 2.64. The summed E-state index contributed by atoms with van der Waals surface area (Å²) < 4.78 is 0. The molecule has 1 saturated carbocycles. The van der Waals surface area contributed by atoms with Crippen LogP contribution in [0, 0.1) is 11.8 Å². The molecule has 25 heavy (non-hydrogen) atoms. The highest BCUT2D eigenvalue weighted by Crippen LogP contribution is 2.25. The van der Waals surface area contributed by atoms with E-state index in [9.17, 15) is 9.59 Å². The minimum atomic E-state index is 0.0245. The van der Waals surface area contributed by atoms with Crippen molar-refractivity contribution in [3.8, 4) is 0 Å².